The molecule has 0 spiro atoms. The minimum Gasteiger partial charge on any atom is -0.493 e. The average molecular weight is 572 g/mol. The third-order valence-electron chi connectivity index (χ3n) is 8.38. The van der Waals surface area contributed by atoms with Crippen molar-refractivity contribution in [2.45, 2.75) is 84.9 Å². The molecule has 1 aliphatic heterocycles. The molecule has 3 N–H and O–H groups in total. The number of hydrogen-bond donors (Lipinski definition) is 3. The van der Waals surface area contributed by atoms with Crippen molar-refractivity contribution in [2.24, 2.45) is 5.92 Å². The molecule has 1 amide bonds. The summed E-state index contributed by atoms with van der Waals surface area (Å²) in [6.07, 6.45) is 7.66. The highest BCUT2D eigenvalue weighted by Crippen LogP contribution is 2.41. The molecule has 0 fully saturated rings. The summed E-state index contributed by atoms with van der Waals surface area (Å²) in [6.45, 7) is 9.18. The quantitative estimate of drug-likeness (QED) is 0.167. The second kappa shape index (κ2) is 13.1. The molecule has 224 valence electrons. The maximum Gasteiger partial charge on any atom is 0.253 e. The molecule has 0 bridgehead atoms. The number of aryl methyl sites for hydroxylation is 1. The molecule has 0 saturated heterocycles. The summed E-state index contributed by atoms with van der Waals surface area (Å²) in [5, 5.41) is 14.6. The third kappa shape index (κ3) is 6.21. The van der Waals surface area contributed by atoms with Crippen LogP contribution in [-0.4, -0.2) is 46.4 Å². The molecule has 2 unspecified atom stereocenters. The molecule has 42 heavy (non-hydrogen) atoms. The fourth-order valence-corrected chi connectivity index (χ4v) is 6.24. The van der Waals surface area contributed by atoms with E-state index in [1.807, 2.05) is 44.3 Å². The summed E-state index contributed by atoms with van der Waals surface area (Å²) in [6, 6.07) is 13.9. The molecule has 2 atom stereocenters. The van der Waals surface area contributed by atoms with Gasteiger partial charge in [-0.05, 0) is 74.4 Å². The van der Waals surface area contributed by atoms with Gasteiger partial charge in [-0.25, -0.2) is 0 Å². The van der Waals surface area contributed by atoms with Gasteiger partial charge in [0.15, 0.2) is 11.5 Å². The van der Waals surface area contributed by atoms with E-state index in [-0.39, 0.29) is 18.6 Å². The lowest BCUT2D eigenvalue weighted by Crippen LogP contribution is -2.39. The normalized spacial score (nSPS) is 14.0. The number of carbonyl (C=O) groups excluding carboxylic acids is 1. The first-order valence-electron chi connectivity index (χ1n) is 15.4. The number of unbranched alkanes of at least 4 members (excludes halogenated alkanes) is 1. The number of para-hydroxylation sites is 1. The molecule has 4 aromatic rings. The SMILES string of the molecule is CCCCC(C)Cc1c(C(=O)NC(CO)Cc2c[nH]c3ccccc23)cc2n1CCc1cc(OC)c(OC(C)C)cc1-2. The summed E-state index contributed by atoms with van der Waals surface area (Å²) >= 11 is 0. The number of aliphatic hydroxyl groups is 1. The first-order valence-corrected chi connectivity index (χ1v) is 15.4. The molecule has 5 rings (SSSR count). The first kappa shape index (κ1) is 29.8. The molecule has 0 aliphatic carbocycles. The summed E-state index contributed by atoms with van der Waals surface area (Å²) in [5.74, 6) is 1.76. The van der Waals surface area contributed by atoms with E-state index in [4.69, 9.17) is 9.47 Å². The second-order valence-corrected chi connectivity index (χ2v) is 12.0. The Kier molecular flexibility index (Phi) is 9.27. The number of aromatic amines is 1. The van der Waals surface area contributed by atoms with Crippen LogP contribution in [0, 0.1) is 5.92 Å². The number of hydrogen-bond acceptors (Lipinski definition) is 4. The van der Waals surface area contributed by atoms with Gasteiger partial charge in [-0.2, -0.15) is 0 Å². The lowest BCUT2D eigenvalue weighted by atomic mass is 9.96. The average Bonchev–Trinajstić information content (AvgIpc) is 3.56. The van der Waals surface area contributed by atoms with Gasteiger partial charge < -0.3 is 29.4 Å². The van der Waals surface area contributed by atoms with E-state index in [2.05, 4.69) is 46.9 Å². The highest BCUT2D eigenvalue weighted by Gasteiger charge is 2.28. The number of aliphatic hydroxyl groups excluding tert-OH is 1. The number of methoxy groups -OCH3 is 1. The van der Waals surface area contributed by atoms with Crippen LogP contribution in [0.4, 0.5) is 0 Å². The highest BCUT2D eigenvalue weighted by molar-refractivity contribution is 5.97. The highest BCUT2D eigenvalue weighted by atomic mass is 16.5. The van der Waals surface area contributed by atoms with E-state index >= 15 is 0 Å². The number of nitrogens with one attached hydrogen (secondary N) is 2. The number of aromatic nitrogens is 2. The van der Waals surface area contributed by atoms with Crippen LogP contribution in [-0.2, 0) is 25.8 Å². The van der Waals surface area contributed by atoms with Crippen LogP contribution in [0.3, 0.4) is 0 Å². The van der Waals surface area contributed by atoms with Gasteiger partial charge in [0.2, 0.25) is 0 Å². The van der Waals surface area contributed by atoms with Crippen molar-refractivity contribution >= 4 is 16.8 Å². The Morgan fingerprint density at radius 2 is 1.93 bits per heavy atom. The summed E-state index contributed by atoms with van der Waals surface area (Å²) < 4.78 is 14.1. The second-order valence-electron chi connectivity index (χ2n) is 12.0. The number of rotatable bonds is 13. The molecule has 1 aliphatic rings. The molecule has 7 heteroatoms. The zero-order valence-corrected chi connectivity index (χ0v) is 25.6. The van der Waals surface area contributed by atoms with Gasteiger partial charge in [0, 0.05) is 40.6 Å². The Morgan fingerprint density at radius 3 is 2.67 bits per heavy atom. The molecule has 2 aromatic heterocycles. The van der Waals surface area contributed by atoms with Crippen molar-refractivity contribution in [3.8, 4) is 22.8 Å². The third-order valence-corrected chi connectivity index (χ3v) is 8.38. The largest absolute Gasteiger partial charge is 0.493 e. The molecule has 2 aromatic carbocycles. The number of amides is 1. The van der Waals surface area contributed by atoms with E-state index in [1.54, 1.807) is 7.11 Å². The molecular formula is C35H45N3O4. The van der Waals surface area contributed by atoms with Gasteiger partial charge in [-0.3, -0.25) is 4.79 Å². The van der Waals surface area contributed by atoms with Crippen LogP contribution >= 0.6 is 0 Å². The topological polar surface area (TPSA) is 88.5 Å². The minimum atomic E-state index is -0.401. The number of benzene rings is 2. The van der Waals surface area contributed by atoms with Crippen LogP contribution in [0.1, 0.15) is 74.1 Å². The Balaban J connectivity index is 1.49. The molecule has 7 nitrogen and oxygen atoms in total. The van der Waals surface area contributed by atoms with Crippen molar-refractivity contribution in [1.29, 1.82) is 0 Å². The fraction of sp³-hybridized carbons (Fsp3) is 0.457. The Hall–Kier alpha value is -3.71. The fourth-order valence-electron chi connectivity index (χ4n) is 6.24. The van der Waals surface area contributed by atoms with E-state index in [9.17, 15) is 9.90 Å². The molecule has 3 heterocycles. The smallest absolute Gasteiger partial charge is 0.253 e. The maximum absolute atomic E-state index is 14.0. The predicted molar refractivity (Wildman–Crippen MR) is 169 cm³/mol. The van der Waals surface area contributed by atoms with Crippen LogP contribution < -0.4 is 14.8 Å². The Morgan fingerprint density at radius 1 is 1.12 bits per heavy atom. The van der Waals surface area contributed by atoms with Gasteiger partial charge >= 0.3 is 0 Å². The van der Waals surface area contributed by atoms with Crippen molar-refractivity contribution in [3.63, 3.8) is 0 Å². The van der Waals surface area contributed by atoms with E-state index in [1.165, 1.54) is 12.0 Å². The van der Waals surface area contributed by atoms with Crippen LogP contribution in [0.5, 0.6) is 11.5 Å². The standard InChI is InChI=1S/C35H45N3O4/c1-6-7-10-23(4)15-31-29(35(40)37-26(21-39)16-25-20-36-30-12-9-8-11-27(25)30)18-32-28-19-34(42-22(2)3)33(41-5)17-24(28)13-14-38(31)32/h8-9,11-12,17-20,22-23,26,36,39H,6-7,10,13-16,21H2,1-5H3,(H,37,40). The summed E-state index contributed by atoms with van der Waals surface area (Å²) in [7, 11) is 1.67. The van der Waals surface area contributed by atoms with Gasteiger partial charge in [-0.15, -0.1) is 0 Å². The maximum atomic E-state index is 14.0. The molecule has 0 radical (unpaired) electrons. The summed E-state index contributed by atoms with van der Waals surface area (Å²) in [4.78, 5) is 17.3. The first-order chi connectivity index (χ1) is 20.3. The lowest BCUT2D eigenvalue weighted by Gasteiger charge is -2.25. The van der Waals surface area contributed by atoms with Gasteiger partial charge in [0.05, 0.1) is 31.4 Å². The van der Waals surface area contributed by atoms with Crippen molar-refractivity contribution in [1.82, 2.24) is 14.9 Å². The monoisotopic (exact) mass is 571 g/mol. The number of nitrogens with zero attached hydrogens (tertiary/aromatic N) is 1. The van der Waals surface area contributed by atoms with E-state index < -0.39 is 6.04 Å². The zero-order chi connectivity index (χ0) is 29.8. The van der Waals surface area contributed by atoms with E-state index in [0.717, 1.165) is 71.4 Å². The van der Waals surface area contributed by atoms with E-state index in [0.29, 0.717) is 23.7 Å². The van der Waals surface area contributed by atoms with Gasteiger partial charge in [0.1, 0.15) is 0 Å². The Labute approximate surface area is 249 Å². The zero-order valence-electron chi connectivity index (χ0n) is 25.6. The van der Waals surface area contributed by atoms with Crippen LogP contribution in [0.2, 0.25) is 0 Å². The van der Waals surface area contributed by atoms with Gasteiger partial charge in [-0.1, -0.05) is 51.3 Å². The Bertz CT molecular complexity index is 1530. The number of ether oxygens (including phenoxy) is 2. The van der Waals surface area contributed by atoms with Crippen molar-refractivity contribution in [3.05, 3.63) is 71.0 Å². The van der Waals surface area contributed by atoms with Crippen molar-refractivity contribution < 1.29 is 19.4 Å². The van der Waals surface area contributed by atoms with Crippen LogP contribution in [0.15, 0.2) is 48.7 Å². The van der Waals surface area contributed by atoms with Gasteiger partial charge in [0.25, 0.3) is 5.91 Å². The number of H-pyrrole nitrogens is 1. The number of fused-ring (bicyclic) bond motifs is 4. The minimum absolute atomic E-state index is 0.0104. The molecular weight excluding hydrogens is 526 g/mol. The van der Waals surface area contributed by atoms with Crippen molar-refractivity contribution in [2.75, 3.05) is 13.7 Å². The van der Waals surface area contributed by atoms with Crippen LogP contribution in [0.25, 0.3) is 22.2 Å². The number of carbonyl (C=O) groups is 1. The molecule has 0 saturated carbocycles. The lowest BCUT2D eigenvalue weighted by molar-refractivity contribution is 0.0915. The summed E-state index contributed by atoms with van der Waals surface area (Å²) in [5.41, 5.74) is 7.20. The predicted octanol–water partition coefficient (Wildman–Crippen LogP) is 6.69.